The van der Waals surface area contributed by atoms with E-state index in [4.69, 9.17) is 13.6 Å². The Kier molecular flexibility index (Phi) is 5.27. The largest absolute Gasteiger partial charge is 0.519 e. The van der Waals surface area contributed by atoms with Gasteiger partial charge in [-0.15, -0.1) is 11.8 Å². The van der Waals surface area contributed by atoms with Crippen molar-refractivity contribution in [3.05, 3.63) is 32.7 Å². The van der Waals surface area contributed by atoms with E-state index >= 15 is 0 Å². The van der Waals surface area contributed by atoms with Gasteiger partial charge in [0.2, 0.25) is 11.8 Å². The molecule has 0 aromatic carbocycles. The maximum absolute atomic E-state index is 13.0. The summed E-state index contributed by atoms with van der Waals surface area (Å²) in [5, 5.41) is 12.7. The van der Waals surface area contributed by atoms with E-state index in [0.29, 0.717) is 17.9 Å². The number of fused-ring (bicyclic) bond motifs is 1. The number of amides is 2. The zero-order chi connectivity index (χ0) is 21.7. The lowest BCUT2D eigenvalue weighted by Crippen LogP contribution is -2.63. The van der Waals surface area contributed by atoms with Gasteiger partial charge in [0.25, 0.3) is 0 Å². The average Bonchev–Trinajstić information content (AvgIpc) is 3.29. The van der Waals surface area contributed by atoms with Crippen LogP contribution in [0.5, 0.6) is 0 Å². The second-order valence-electron chi connectivity index (χ2n) is 7.72. The van der Waals surface area contributed by atoms with Crippen LogP contribution in [0.4, 0.5) is 0 Å². The Labute approximate surface area is 175 Å². The van der Waals surface area contributed by atoms with Gasteiger partial charge in [-0.3, -0.25) is 9.59 Å². The Hall–Kier alpha value is -2.53. The summed E-state index contributed by atoms with van der Waals surface area (Å²) < 4.78 is 14.9. The van der Waals surface area contributed by atoms with E-state index in [1.54, 1.807) is 6.92 Å². The summed E-state index contributed by atoms with van der Waals surface area (Å²) >= 11 is 1.38. The molecule has 10 nitrogen and oxygen atoms in total. The molecular weight excluding hydrogens is 416 g/mol. The first-order valence-corrected chi connectivity index (χ1v) is 10.5. The molecule has 4 heterocycles. The molecule has 11 heteroatoms. The Morgan fingerprint density at radius 3 is 2.67 bits per heavy atom. The van der Waals surface area contributed by atoms with Crippen molar-refractivity contribution in [3.8, 4) is 0 Å². The second-order valence-corrected chi connectivity index (χ2v) is 9.07. The van der Waals surface area contributed by atoms with Gasteiger partial charge < -0.3 is 28.9 Å². The highest BCUT2D eigenvalue weighted by atomic mass is 32.2. The molecule has 0 saturated carbocycles. The lowest BCUT2D eigenvalue weighted by Gasteiger charge is -2.46. The summed E-state index contributed by atoms with van der Waals surface area (Å²) in [6.45, 7) is 5.12. The maximum Gasteiger partial charge on any atom is 0.519 e. The van der Waals surface area contributed by atoms with E-state index in [1.165, 1.54) is 23.6 Å². The lowest BCUT2D eigenvalue weighted by atomic mass is 9.79. The number of β-lactam (4-membered cyclic amide) rings is 1. The lowest BCUT2D eigenvalue weighted by molar-refractivity contribution is -0.164. The van der Waals surface area contributed by atoms with E-state index in [2.05, 4.69) is 5.32 Å². The van der Waals surface area contributed by atoms with Gasteiger partial charge in [0, 0.05) is 29.0 Å². The van der Waals surface area contributed by atoms with Crippen LogP contribution in [0.3, 0.4) is 0 Å². The number of hydrogen-bond donors (Lipinski definition) is 2. The third-order valence-electron chi connectivity index (χ3n) is 5.71. The monoisotopic (exact) mass is 438 g/mol. The quantitative estimate of drug-likeness (QED) is 0.473. The summed E-state index contributed by atoms with van der Waals surface area (Å²) in [4.78, 5) is 50.4. The van der Waals surface area contributed by atoms with Crippen molar-refractivity contribution in [1.82, 2.24) is 10.2 Å². The van der Waals surface area contributed by atoms with Crippen LogP contribution in [0, 0.1) is 18.8 Å². The average molecular weight is 438 g/mol. The third kappa shape index (κ3) is 3.35. The molecule has 0 aliphatic carbocycles. The summed E-state index contributed by atoms with van der Waals surface area (Å²) in [6, 6.07) is -0.346. The fourth-order valence-corrected chi connectivity index (χ4v) is 5.62. The first kappa shape index (κ1) is 20.7. The normalized spacial score (nSPS) is 29.0. The topological polar surface area (TPSA) is 139 Å². The predicted molar refractivity (Wildman–Crippen MR) is 103 cm³/mol. The molecule has 162 valence electrons. The van der Waals surface area contributed by atoms with Crippen LogP contribution >= 0.6 is 11.8 Å². The number of aliphatic hydroxyl groups excluding tert-OH is 1. The van der Waals surface area contributed by atoms with Crippen molar-refractivity contribution in [2.75, 3.05) is 6.54 Å². The first-order chi connectivity index (χ1) is 14.2. The van der Waals surface area contributed by atoms with E-state index in [9.17, 15) is 24.3 Å². The third-order valence-corrected chi connectivity index (χ3v) is 7.19. The van der Waals surface area contributed by atoms with Gasteiger partial charge in [0.05, 0.1) is 18.1 Å². The van der Waals surface area contributed by atoms with Crippen molar-refractivity contribution in [1.29, 1.82) is 0 Å². The van der Waals surface area contributed by atoms with Crippen LogP contribution < -0.4 is 11.1 Å². The molecule has 2 saturated heterocycles. The molecule has 0 spiro atoms. The molecule has 5 atom stereocenters. The molecule has 2 N–H and O–H groups in total. The molecule has 1 aromatic rings. The van der Waals surface area contributed by atoms with Gasteiger partial charge in [-0.25, -0.2) is 9.59 Å². The van der Waals surface area contributed by atoms with Crippen molar-refractivity contribution in [2.45, 2.75) is 51.2 Å². The molecule has 3 aliphatic rings. The second kappa shape index (κ2) is 7.62. The number of carbonyl (C=O) groups is 3. The Morgan fingerprint density at radius 2 is 2.10 bits per heavy atom. The zero-order valence-electron chi connectivity index (χ0n) is 16.7. The minimum absolute atomic E-state index is 0.0606. The molecular formula is C19H22N2O8S. The van der Waals surface area contributed by atoms with E-state index in [1.807, 2.05) is 6.92 Å². The molecule has 0 radical (unpaired) electrons. The van der Waals surface area contributed by atoms with Crippen LogP contribution in [0.1, 0.15) is 31.8 Å². The molecule has 4 rings (SSSR count). The van der Waals surface area contributed by atoms with Gasteiger partial charge in [-0.2, -0.15) is 0 Å². The van der Waals surface area contributed by atoms with Crippen molar-refractivity contribution in [2.24, 2.45) is 11.8 Å². The van der Waals surface area contributed by atoms with Gasteiger partial charge >= 0.3 is 11.8 Å². The molecule has 2 fully saturated rings. The smallest absolute Gasteiger partial charge is 0.453 e. The summed E-state index contributed by atoms with van der Waals surface area (Å²) in [5.41, 5.74) is 0.127. The van der Waals surface area contributed by atoms with Crippen molar-refractivity contribution >= 4 is 29.5 Å². The predicted octanol–water partition coefficient (Wildman–Crippen LogP) is 0.275. The minimum Gasteiger partial charge on any atom is -0.453 e. The first-order valence-electron chi connectivity index (χ1n) is 9.64. The minimum atomic E-state index is -0.889. The number of carbonyl (C=O) groups excluding carboxylic acids is 3. The standard InChI is InChI=1S/C19H22N2O8S/c1-7-14-13(8(2)22)17(24)21(14)15(16(7)30-10-4-12(23)20-5-10)18(25)27-6-11-9(3)28-19(26)29-11/h7-8,10,13-14,22H,4-6H2,1-3H3,(H,20,23)/t7-,8-,10?,13-,14-/m1/s1. The highest BCUT2D eigenvalue weighted by Gasteiger charge is 2.60. The number of rotatable bonds is 6. The van der Waals surface area contributed by atoms with Crippen molar-refractivity contribution < 1.29 is 33.1 Å². The van der Waals surface area contributed by atoms with E-state index in [-0.39, 0.29) is 52.8 Å². The fourth-order valence-electron chi connectivity index (χ4n) is 4.22. The fraction of sp³-hybridized carbons (Fsp3) is 0.579. The maximum atomic E-state index is 13.0. The summed E-state index contributed by atoms with van der Waals surface area (Å²) in [6.07, 6.45) is -0.526. The Balaban J connectivity index is 1.60. The molecule has 2 amide bonds. The SMILES string of the molecule is Cc1oc(=O)oc1COC(=O)C1=C(SC2CNC(=O)C2)[C@H](C)[C@@H]2[C@@H]([C@@H](C)O)C(=O)N12. The van der Waals surface area contributed by atoms with Gasteiger partial charge in [-0.1, -0.05) is 6.92 Å². The van der Waals surface area contributed by atoms with Gasteiger partial charge in [0.15, 0.2) is 18.1 Å². The summed E-state index contributed by atoms with van der Waals surface area (Å²) in [5.74, 6) is -2.51. The number of nitrogens with zero attached hydrogens (tertiary/aromatic N) is 1. The van der Waals surface area contributed by atoms with Crippen LogP contribution in [-0.2, 0) is 25.7 Å². The van der Waals surface area contributed by atoms with Crippen LogP contribution in [0.15, 0.2) is 24.2 Å². The molecule has 1 unspecified atom stereocenters. The number of aliphatic hydroxyl groups is 1. The van der Waals surface area contributed by atoms with Gasteiger partial charge in [-0.05, 0) is 13.8 Å². The van der Waals surface area contributed by atoms with Crippen LogP contribution in [0.2, 0.25) is 0 Å². The Bertz CT molecular complexity index is 993. The number of hydrogen-bond acceptors (Lipinski definition) is 9. The summed E-state index contributed by atoms with van der Waals surface area (Å²) in [7, 11) is 0. The highest BCUT2D eigenvalue weighted by molar-refractivity contribution is 8.03. The number of ether oxygens (including phenoxy) is 1. The van der Waals surface area contributed by atoms with Crippen molar-refractivity contribution in [3.63, 3.8) is 0 Å². The molecule has 30 heavy (non-hydrogen) atoms. The van der Waals surface area contributed by atoms with Crippen LogP contribution in [0.25, 0.3) is 0 Å². The van der Waals surface area contributed by atoms with Crippen LogP contribution in [-0.4, -0.2) is 51.7 Å². The number of thioether (sulfide) groups is 1. The molecule has 1 aromatic heterocycles. The number of nitrogens with one attached hydrogen (secondary N) is 1. The molecule has 0 bridgehead atoms. The zero-order valence-corrected chi connectivity index (χ0v) is 17.5. The molecule has 3 aliphatic heterocycles. The van der Waals surface area contributed by atoms with Gasteiger partial charge in [0.1, 0.15) is 5.70 Å². The number of aryl methyl sites for hydroxylation is 1. The number of esters is 1. The highest BCUT2D eigenvalue weighted by Crippen LogP contribution is 2.52. The van der Waals surface area contributed by atoms with E-state index in [0.717, 1.165) is 0 Å². The van der Waals surface area contributed by atoms with E-state index < -0.39 is 23.8 Å². The Morgan fingerprint density at radius 1 is 1.37 bits per heavy atom.